The summed E-state index contributed by atoms with van der Waals surface area (Å²) in [6.07, 6.45) is 3.20. The topological polar surface area (TPSA) is 88.1 Å². The van der Waals surface area contributed by atoms with Crippen LogP contribution in [0, 0.1) is 0 Å². The molecule has 156 valence electrons. The maximum absolute atomic E-state index is 13.4. The molecule has 0 saturated heterocycles. The molecule has 1 aromatic carbocycles. The summed E-state index contributed by atoms with van der Waals surface area (Å²) in [6.45, 7) is 5.77. The molecule has 9 heteroatoms. The normalized spacial score (nSPS) is 12.3. The van der Waals surface area contributed by atoms with E-state index in [0.29, 0.717) is 16.1 Å². The molecule has 3 aromatic rings. The van der Waals surface area contributed by atoms with Crippen molar-refractivity contribution in [3.05, 3.63) is 76.0 Å². The molecule has 30 heavy (non-hydrogen) atoms. The van der Waals surface area contributed by atoms with E-state index in [1.807, 2.05) is 39.0 Å². The van der Waals surface area contributed by atoms with Crippen molar-refractivity contribution in [3.8, 4) is 0 Å². The lowest BCUT2D eigenvalue weighted by atomic mass is 10.0. The van der Waals surface area contributed by atoms with Crippen molar-refractivity contribution in [1.29, 1.82) is 0 Å². The van der Waals surface area contributed by atoms with Crippen molar-refractivity contribution in [2.24, 2.45) is 0 Å². The molecule has 0 aliphatic carbocycles. The Hall–Kier alpha value is -2.84. The van der Waals surface area contributed by atoms with Gasteiger partial charge in [-0.25, -0.2) is 0 Å². The van der Waals surface area contributed by atoms with Gasteiger partial charge in [-0.2, -0.15) is 0 Å². The Balaban J connectivity index is 2.09. The lowest BCUT2D eigenvalue weighted by molar-refractivity contribution is -0.127. The zero-order valence-corrected chi connectivity index (χ0v) is 18.4. The van der Waals surface area contributed by atoms with Crippen molar-refractivity contribution < 1.29 is 9.59 Å². The average molecular weight is 444 g/mol. The second-order valence-corrected chi connectivity index (χ2v) is 8.76. The molecular weight excluding hydrogens is 422 g/mol. The zero-order chi connectivity index (χ0) is 21.7. The number of amides is 2. The van der Waals surface area contributed by atoms with Gasteiger partial charge in [0.05, 0.1) is 0 Å². The fourth-order valence-electron chi connectivity index (χ4n) is 2.94. The standard InChI is InChI=1S/C21H22ClN5O2S/c1-21(2,3)24-19(28)18(14-8-6-10-23-11-14)27(20(29)17-13-30-26-25-17)12-15-7-4-5-9-16(15)22/h4-11,13,18H,12H2,1-3H3,(H,24,28). The summed E-state index contributed by atoms with van der Waals surface area (Å²) < 4.78 is 3.79. The van der Waals surface area contributed by atoms with E-state index in [2.05, 4.69) is 19.9 Å². The second kappa shape index (κ2) is 9.32. The monoisotopic (exact) mass is 443 g/mol. The summed E-state index contributed by atoms with van der Waals surface area (Å²) in [4.78, 5) is 32.3. The molecule has 0 aliphatic rings. The van der Waals surface area contributed by atoms with E-state index in [-0.39, 0.29) is 18.1 Å². The third kappa shape index (κ3) is 5.40. The van der Waals surface area contributed by atoms with Gasteiger partial charge in [-0.05, 0) is 50.0 Å². The van der Waals surface area contributed by atoms with E-state index in [4.69, 9.17) is 11.6 Å². The van der Waals surface area contributed by atoms with Crippen LogP contribution in [-0.2, 0) is 11.3 Å². The van der Waals surface area contributed by atoms with Crippen molar-refractivity contribution >= 4 is 34.9 Å². The molecule has 2 amide bonds. The quantitative estimate of drug-likeness (QED) is 0.624. The molecule has 1 N–H and O–H groups in total. The Morgan fingerprint density at radius 1 is 1.20 bits per heavy atom. The van der Waals surface area contributed by atoms with Gasteiger partial charge in [-0.3, -0.25) is 14.6 Å². The Kier molecular flexibility index (Phi) is 6.79. The minimum atomic E-state index is -0.927. The lowest BCUT2D eigenvalue weighted by Gasteiger charge is -2.33. The largest absolute Gasteiger partial charge is 0.349 e. The van der Waals surface area contributed by atoms with Crippen LogP contribution in [0.3, 0.4) is 0 Å². The first kappa shape index (κ1) is 21.9. The first-order valence-electron chi connectivity index (χ1n) is 9.29. The molecule has 0 fully saturated rings. The van der Waals surface area contributed by atoms with Crippen molar-refractivity contribution in [1.82, 2.24) is 24.8 Å². The van der Waals surface area contributed by atoms with Gasteiger partial charge in [-0.1, -0.05) is 40.4 Å². The molecule has 0 bridgehead atoms. The predicted molar refractivity (Wildman–Crippen MR) is 116 cm³/mol. The van der Waals surface area contributed by atoms with Crippen LogP contribution < -0.4 is 5.32 Å². The minimum absolute atomic E-state index is 0.118. The highest BCUT2D eigenvalue weighted by Crippen LogP contribution is 2.28. The van der Waals surface area contributed by atoms with E-state index in [9.17, 15) is 9.59 Å². The molecule has 0 saturated carbocycles. The third-order valence-electron chi connectivity index (χ3n) is 4.20. The second-order valence-electron chi connectivity index (χ2n) is 7.74. The van der Waals surface area contributed by atoms with E-state index in [1.54, 1.807) is 36.0 Å². The SMILES string of the molecule is CC(C)(C)NC(=O)C(c1cccnc1)N(Cc1ccccc1Cl)C(=O)c1csnn1. The van der Waals surface area contributed by atoms with Crippen molar-refractivity contribution in [2.75, 3.05) is 0 Å². The molecule has 3 rings (SSSR count). The van der Waals surface area contributed by atoms with Crippen molar-refractivity contribution in [3.63, 3.8) is 0 Å². The smallest absolute Gasteiger partial charge is 0.276 e. The van der Waals surface area contributed by atoms with Crippen LogP contribution >= 0.6 is 23.1 Å². The number of carbonyl (C=O) groups excluding carboxylic acids is 2. The van der Waals surface area contributed by atoms with Gasteiger partial charge in [0.15, 0.2) is 5.69 Å². The molecule has 2 heterocycles. The lowest BCUT2D eigenvalue weighted by Crippen LogP contribution is -2.49. The van der Waals surface area contributed by atoms with Gasteiger partial charge in [0.25, 0.3) is 5.91 Å². The summed E-state index contributed by atoms with van der Waals surface area (Å²) in [5.41, 5.74) is 0.985. The minimum Gasteiger partial charge on any atom is -0.349 e. The van der Waals surface area contributed by atoms with Gasteiger partial charge >= 0.3 is 0 Å². The van der Waals surface area contributed by atoms with Gasteiger partial charge in [0.1, 0.15) is 6.04 Å². The number of nitrogens with one attached hydrogen (secondary N) is 1. The molecule has 7 nitrogen and oxygen atoms in total. The number of hydrogen-bond acceptors (Lipinski definition) is 6. The first-order chi connectivity index (χ1) is 14.3. The number of halogens is 1. The van der Waals surface area contributed by atoms with Gasteiger partial charge < -0.3 is 10.2 Å². The Morgan fingerprint density at radius 2 is 1.97 bits per heavy atom. The number of hydrogen-bond donors (Lipinski definition) is 1. The summed E-state index contributed by atoms with van der Waals surface area (Å²) in [5.74, 6) is -0.735. The van der Waals surface area contributed by atoms with Crippen LogP contribution in [0.1, 0.15) is 48.4 Å². The predicted octanol–water partition coefficient (Wildman–Crippen LogP) is 3.88. The molecule has 2 aromatic heterocycles. The fraction of sp³-hybridized carbons (Fsp3) is 0.286. The van der Waals surface area contributed by atoms with Crippen LogP contribution in [-0.4, -0.2) is 36.8 Å². The number of benzene rings is 1. The number of carbonyl (C=O) groups is 2. The van der Waals surface area contributed by atoms with Crippen LogP contribution in [0.15, 0.2) is 54.2 Å². The fourth-order valence-corrected chi connectivity index (χ4v) is 3.57. The maximum atomic E-state index is 13.4. The number of aromatic nitrogens is 3. The first-order valence-corrected chi connectivity index (χ1v) is 10.5. The highest BCUT2D eigenvalue weighted by molar-refractivity contribution is 7.03. The van der Waals surface area contributed by atoms with Crippen LogP contribution in [0.25, 0.3) is 0 Å². The van der Waals surface area contributed by atoms with Crippen LogP contribution in [0.2, 0.25) is 5.02 Å². The zero-order valence-electron chi connectivity index (χ0n) is 16.9. The molecule has 1 atom stereocenters. The van der Waals surface area contributed by atoms with E-state index in [0.717, 1.165) is 11.5 Å². The van der Waals surface area contributed by atoms with Crippen LogP contribution in [0.4, 0.5) is 0 Å². The Morgan fingerprint density at radius 3 is 2.57 bits per heavy atom. The number of nitrogens with zero attached hydrogens (tertiary/aromatic N) is 4. The van der Waals surface area contributed by atoms with Gasteiger partial charge in [0, 0.05) is 40.4 Å². The highest BCUT2D eigenvalue weighted by Gasteiger charge is 2.35. The van der Waals surface area contributed by atoms with Gasteiger partial charge in [-0.15, -0.1) is 5.10 Å². The summed E-state index contributed by atoms with van der Waals surface area (Å²) in [7, 11) is 0. The molecule has 0 spiro atoms. The van der Waals surface area contributed by atoms with Gasteiger partial charge in [0.2, 0.25) is 5.91 Å². The summed E-state index contributed by atoms with van der Waals surface area (Å²) in [5, 5.41) is 8.95. The highest BCUT2D eigenvalue weighted by atomic mass is 35.5. The maximum Gasteiger partial charge on any atom is 0.276 e. The van der Waals surface area contributed by atoms with E-state index >= 15 is 0 Å². The number of pyridine rings is 1. The summed E-state index contributed by atoms with van der Waals surface area (Å²) in [6, 6.07) is 9.79. The number of rotatable bonds is 6. The molecular formula is C21H22ClN5O2S. The Labute approximate surface area is 184 Å². The third-order valence-corrected chi connectivity index (χ3v) is 5.07. The van der Waals surface area contributed by atoms with E-state index < -0.39 is 17.5 Å². The summed E-state index contributed by atoms with van der Waals surface area (Å²) >= 11 is 7.43. The molecule has 0 aliphatic heterocycles. The Bertz CT molecular complexity index is 1010. The molecule has 0 radical (unpaired) electrons. The molecule has 1 unspecified atom stereocenters. The van der Waals surface area contributed by atoms with Crippen LogP contribution in [0.5, 0.6) is 0 Å². The average Bonchev–Trinajstić information content (AvgIpc) is 3.23. The van der Waals surface area contributed by atoms with Crippen molar-refractivity contribution in [2.45, 2.75) is 38.9 Å². The van der Waals surface area contributed by atoms with E-state index in [1.165, 1.54) is 4.90 Å².